The van der Waals surface area contributed by atoms with Crippen LogP contribution in [0.1, 0.15) is 18.1 Å². The highest BCUT2D eigenvalue weighted by molar-refractivity contribution is 9.10. The second-order valence-corrected chi connectivity index (χ2v) is 3.70. The molecule has 61 valence electrons. The first-order valence-electron chi connectivity index (χ1n) is 3.71. The fourth-order valence-electron chi connectivity index (χ4n) is 1.04. The van der Waals surface area contributed by atoms with E-state index in [9.17, 15) is 0 Å². The molecular formula is C11H10Br. The van der Waals surface area contributed by atoms with Crippen LogP contribution in [0.2, 0.25) is 0 Å². The minimum absolute atomic E-state index is 0.972. The Hall–Kier alpha value is -0.740. The van der Waals surface area contributed by atoms with Gasteiger partial charge in [0.1, 0.15) is 0 Å². The van der Waals surface area contributed by atoms with E-state index >= 15 is 0 Å². The maximum absolute atomic E-state index is 5.30. The predicted octanol–water partition coefficient (Wildman–Crippen LogP) is 3.33. The Labute approximate surface area is 82.1 Å². The van der Waals surface area contributed by atoms with Gasteiger partial charge in [-0.1, -0.05) is 27.9 Å². The lowest BCUT2D eigenvalue weighted by Gasteiger charge is -2.05. The predicted molar refractivity (Wildman–Crippen MR) is 55.7 cm³/mol. The summed E-state index contributed by atoms with van der Waals surface area (Å²) in [4.78, 5) is 0. The number of halogens is 1. The Bertz CT molecular complexity index is 300. The Kier molecular flexibility index (Phi) is 2.94. The molecule has 0 heterocycles. The van der Waals surface area contributed by atoms with Crippen LogP contribution < -0.4 is 0 Å². The molecule has 0 fully saturated rings. The van der Waals surface area contributed by atoms with E-state index in [4.69, 9.17) is 6.42 Å². The van der Waals surface area contributed by atoms with Gasteiger partial charge < -0.3 is 0 Å². The second-order valence-electron chi connectivity index (χ2n) is 2.79. The highest BCUT2D eigenvalue weighted by Crippen LogP contribution is 2.20. The quantitative estimate of drug-likeness (QED) is 0.639. The maximum atomic E-state index is 5.30. The average Bonchev–Trinajstić information content (AvgIpc) is 2.01. The molecule has 0 aliphatic carbocycles. The van der Waals surface area contributed by atoms with Crippen molar-refractivity contribution in [2.45, 2.75) is 13.8 Å². The van der Waals surface area contributed by atoms with Crippen molar-refractivity contribution in [2.75, 3.05) is 0 Å². The van der Waals surface area contributed by atoms with Gasteiger partial charge >= 0.3 is 0 Å². The van der Waals surface area contributed by atoms with Crippen LogP contribution >= 0.6 is 15.9 Å². The minimum atomic E-state index is 0.972. The summed E-state index contributed by atoms with van der Waals surface area (Å²) in [6, 6.07) is 6.18. The first kappa shape index (κ1) is 9.35. The zero-order chi connectivity index (χ0) is 9.14. The number of terminal acetylenes is 1. The normalized spacial score (nSPS) is 9.92. The van der Waals surface area contributed by atoms with Gasteiger partial charge in [0.25, 0.3) is 0 Å². The molecule has 0 amide bonds. The van der Waals surface area contributed by atoms with Gasteiger partial charge in [-0.15, -0.1) is 6.42 Å². The molecule has 1 radical (unpaired) electrons. The van der Waals surface area contributed by atoms with Crippen LogP contribution in [0.3, 0.4) is 0 Å². The fraction of sp³-hybridized carbons (Fsp3) is 0.182. The van der Waals surface area contributed by atoms with E-state index in [1.54, 1.807) is 0 Å². The monoisotopic (exact) mass is 221 g/mol. The van der Waals surface area contributed by atoms with Crippen molar-refractivity contribution < 1.29 is 0 Å². The standard InChI is InChI=1S/C11H10Br/c1-4-9(3)10-5-8(2)6-11(12)7-10/h1,5-7H,2-3H3. The first-order valence-corrected chi connectivity index (χ1v) is 4.50. The van der Waals surface area contributed by atoms with E-state index in [1.807, 2.05) is 13.0 Å². The summed E-state index contributed by atoms with van der Waals surface area (Å²) in [6.07, 6.45) is 5.30. The molecule has 0 saturated heterocycles. The molecule has 1 rings (SSSR count). The molecule has 1 aromatic rings. The van der Waals surface area contributed by atoms with Crippen molar-refractivity contribution >= 4 is 15.9 Å². The van der Waals surface area contributed by atoms with Gasteiger partial charge in [-0.25, -0.2) is 0 Å². The topological polar surface area (TPSA) is 0 Å². The van der Waals surface area contributed by atoms with Gasteiger partial charge in [0.05, 0.1) is 5.92 Å². The zero-order valence-electron chi connectivity index (χ0n) is 7.19. The Morgan fingerprint density at radius 1 is 1.42 bits per heavy atom. The summed E-state index contributed by atoms with van der Waals surface area (Å²) in [6.45, 7) is 4.00. The van der Waals surface area contributed by atoms with E-state index in [2.05, 4.69) is 40.9 Å². The zero-order valence-corrected chi connectivity index (χ0v) is 8.77. The van der Waals surface area contributed by atoms with Gasteiger partial charge in [-0.2, -0.15) is 0 Å². The molecular weight excluding hydrogens is 212 g/mol. The molecule has 0 aromatic heterocycles. The van der Waals surface area contributed by atoms with Gasteiger partial charge in [-0.3, -0.25) is 0 Å². The smallest absolute Gasteiger partial charge is 0.0735 e. The summed E-state index contributed by atoms with van der Waals surface area (Å²) in [5.74, 6) is 3.60. The van der Waals surface area contributed by atoms with E-state index < -0.39 is 0 Å². The Morgan fingerprint density at radius 2 is 2.08 bits per heavy atom. The highest BCUT2D eigenvalue weighted by Gasteiger charge is 2.03. The maximum Gasteiger partial charge on any atom is 0.0735 e. The molecule has 0 bridgehead atoms. The number of hydrogen-bond acceptors (Lipinski definition) is 0. The molecule has 12 heavy (non-hydrogen) atoms. The van der Waals surface area contributed by atoms with E-state index in [1.165, 1.54) is 5.56 Å². The number of rotatable bonds is 1. The molecule has 1 heteroatoms. The van der Waals surface area contributed by atoms with Crippen molar-refractivity contribution in [1.82, 2.24) is 0 Å². The molecule has 0 atom stereocenters. The number of aryl methyl sites for hydroxylation is 1. The van der Waals surface area contributed by atoms with Gasteiger partial charge in [-0.05, 0) is 37.1 Å². The first-order chi connectivity index (χ1) is 5.63. The molecule has 0 N–H and O–H groups in total. The van der Waals surface area contributed by atoms with Gasteiger partial charge in [0, 0.05) is 4.47 Å². The van der Waals surface area contributed by atoms with E-state index in [0.717, 1.165) is 16.0 Å². The summed E-state index contributed by atoms with van der Waals surface area (Å²) >= 11 is 3.43. The van der Waals surface area contributed by atoms with Gasteiger partial charge in [0.15, 0.2) is 0 Å². The fourth-order valence-corrected chi connectivity index (χ4v) is 1.64. The number of hydrogen-bond donors (Lipinski definition) is 0. The van der Waals surface area contributed by atoms with Crippen LogP contribution in [0.4, 0.5) is 0 Å². The average molecular weight is 222 g/mol. The van der Waals surface area contributed by atoms with Crippen molar-refractivity contribution in [1.29, 1.82) is 0 Å². The van der Waals surface area contributed by atoms with E-state index in [0.29, 0.717) is 0 Å². The minimum Gasteiger partial charge on any atom is -0.119 e. The molecule has 0 spiro atoms. The van der Waals surface area contributed by atoms with Crippen LogP contribution in [0.5, 0.6) is 0 Å². The van der Waals surface area contributed by atoms with Crippen molar-refractivity contribution in [3.63, 3.8) is 0 Å². The highest BCUT2D eigenvalue weighted by atomic mass is 79.9. The third kappa shape index (κ3) is 2.12. The third-order valence-corrected chi connectivity index (χ3v) is 2.15. The van der Waals surface area contributed by atoms with Crippen LogP contribution in [0.25, 0.3) is 0 Å². The number of benzene rings is 1. The molecule has 0 aliphatic rings. The summed E-state index contributed by atoms with van der Waals surface area (Å²) in [5.41, 5.74) is 2.33. The lowest BCUT2D eigenvalue weighted by Crippen LogP contribution is -1.91. The largest absolute Gasteiger partial charge is 0.119 e. The third-order valence-electron chi connectivity index (χ3n) is 1.69. The molecule has 0 aliphatic heterocycles. The molecule has 0 saturated carbocycles. The van der Waals surface area contributed by atoms with Gasteiger partial charge in [0.2, 0.25) is 0 Å². The van der Waals surface area contributed by atoms with Crippen molar-refractivity contribution in [2.24, 2.45) is 0 Å². The molecule has 0 unspecified atom stereocenters. The summed E-state index contributed by atoms with van der Waals surface area (Å²) in [5, 5.41) is 0. The molecule has 1 aromatic carbocycles. The van der Waals surface area contributed by atoms with Crippen LogP contribution in [0.15, 0.2) is 22.7 Å². The van der Waals surface area contributed by atoms with Crippen molar-refractivity contribution in [3.8, 4) is 12.3 Å². The summed E-state index contributed by atoms with van der Waals surface area (Å²) in [7, 11) is 0. The van der Waals surface area contributed by atoms with Crippen LogP contribution in [-0.2, 0) is 0 Å². The van der Waals surface area contributed by atoms with Crippen LogP contribution in [0, 0.1) is 25.2 Å². The lowest BCUT2D eigenvalue weighted by molar-refractivity contribution is 1.26. The molecule has 0 nitrogen and oxygen atoms in total. The second kappa shape index (κ2) is 3.78. The Balaban J connectivity index is 3.10. The summed E-state index contributed by atoms with van der Waals surface area (Å²) < 4.78 is 1.08. The van der Waals surface area contributed by atoms with Crippen molar-refractivity contribution in [3.05, 3.63) is 39.7 Å². The SMILES string of the molecule is C#C[C](C)c1cc(C)cc(Br)c1. The van der Waals surface area contributed by atoms with E-state index in [-0.39, 0.29) is 0 Å². The lowest BCUT2D eigenvalue weighted by atomic mass is 10.0. The van der Waals surface area contributed by atoms with Crippen LogP contribution in [-0.4, -0.2) is 0 Å². The Morgan fingerprint density at radius 3 is 2.58 bits per heavy atom.